The summed E-state index contributed by atoms with van der Waals surface area (Å²) in [5, 5.41) is 17.9. The first kappa shape index (κ1) is 14.5. The third kappa shape index (κ3) is 3.14. The van der Waals surface area contributed by atoms with E-state index < -0.39 is 23.3 Å². The van der Waals surface area contributed by atoms with Gasteiger partial charge in [-0.15, -0.1) is 0 Å². The van der Waals surface area contributed by atoms with Crippen LogP contribution in [0.5, 0.6) is 0 Å². The number of alkyl halides is 1. The fourth-order valence-electron chi connectivity index (χ4n) is 2.03. The molecule has 8 heteroatoms. The molecule has 0 amide bonds. The molecule has 1 fully saturated rings. The summed E-state index contributed by atoms with van der Waals surface area (Å²) in [6, 6.07) is 5.34. The van der Waals surface area contributed by atoms with Crippen LogP contribution < -0.4 is 5.46 Å². The molecule has 104 valence electrons. The smallest absolute Gasteiger partial charge is 0.423 e. The topological polar surface area (TPSA) is 77.8 Å². The molecule has 5 nitrogen and oxygen atoms in total. The number of sulfonamides is 1. The molecule has 1 aliphatic heterocycles. The van der Waals surface area contributed by atoms with Gasteiger partial charge < -0.3 is 10.0 Å². The van der Waals surface area contributed by atoms with Crippen LogP contribution in [0, 0.1) is 0 Å². The molecule has 1 heterocycles. The zero-order valence-corrected chi connectivity index (χ0v) is 11.1. The highest BCUT2D eigenvalue weighted by Gasteiger charge is 2.29. The molecule has 1 aliphatic rings. The van der Waals surface area contributed by atoms with Crippen molar-refractivity contribution in [3.8, 4) is 0 Å². The first-order valence-corrected chi connectivity index (χ1v) is 7.45. The van der Waals surface area contributed by atoms with Crippen LogP contribution in [0.15, 0.2) is 29.2 Å². The summed E-state index contributed by atoms with van der Waals surface area (Å²) in [5.74, 6) is 0. The first-order valence-electron chi connectivity index (χ1n) is 6.01. The van der Waals surface area contributed by atoms with Crippen molar-refractivity contribution in [2.24, 2.45) is 0 Å². The average Bonchev–Trinajstić information content (AvgIpc) is 2.39. The van der Waals surface area contributed by atoms with Crippen LogP contribution in [0.1, 0.15) is 12.8 Å². The van der Waals surface area contributed by atoms with Gasteiger partial charge in [0.2, 0.25) is 10.0 Å². The van der Waals surface area contributed by atoms with E-state index in [1.165, 1.54) is 28.6 Å². The summed E-state index contributed by atoms with van der Waals surface area (Å²) >= 11 is 0. The molecule has 0 spiro atoms. The van der Waals surface area contributed by atoms with E-state index in [0.29, 0.717) is 0 Å². The summed E-state index contributed by atoms with van der Waals surface area (Å²) in [5.41, 5.74) is 0.224. The minimum absolute atomic E-state index is 0.0780. The number of halogens is 1. The highest BCUT2D eigenvalue weighted by Crippen LogP contribution is 2.21. The van der Waals surface area contributed by atoms with Gasteiger partial charge in [0.1, 0.15) is 6.17 Å². The Morgan fingerprint density at radius 3 is 2.16 bits per heavy atom. The molecule has 2 N–H and O–H groups in total. The van der Waals surface area contributed by atoms with E-state index in [0.717, 1.165) is 0 Å². The highest BCUT2D eigenvalue weighted by molar-refractivity contribution is 7.89. The third-order valence-corrected chi connectivity index (χ3v) is 5.11. The molecular weight excluding hydrogens is 272 g/mol. The van der Waals surface area contributed by atoms with Gasteiger partial charge in [0, 0.05) is 13.1 Å². The Hall–Kier alpha value is -0.955. The minimum Gasteiger partial charge on any atom is -0.423 e. The highest BCUT2D eigenvalue weighted by atomic mass is 32.2. The molecule has 2 rings (SSSR count). The number of nitrogens with zero attached hydrogens (tertiary/aromatic N) is 1. The average molecular weight is 287 g/mol. The summed E-state index contributed by atoms with van der Waals surface area (Å²) in [4.78, 5) is 0.0780. The van der Waals surface area contributed by atoms with Gasteiger partial charge in [0.05, 0.1) is 4.90 Å². The maximum Gasteiger partial charge on any atom is 0.488 e. The van der Waals surface area contributed by atoms with Gasteiger partial charge in [-0.25, -0.2) is 12.8 Å². The Kier molecular flexibility index (Phi) is 4.24. The molecule has 0 saturated carbocycles. The molecule has 0 atom stereocenters. The van der Waals surface area contributed by atoms with Gasteiger partial charge in [0.25, 0.3) is 0 Å². The van der Waals surface area contributed by atoms with Crippen molar-refractivity contribution in [1.82, 2.24) is 4.31 Å². The van der Waals surface area contributed by atoms with Gasteiger partial charge in [-0.05, 0) is 30.4 Å². The van der Waals surface area contributed by atoms with Crippen LogP contribution >= 0.6 is 0 Å². The van der Waals surface area contributed by atoms with Gasteiger partial charge in [0.15, 0.2) is 0 Å². The fraction of sp³-hybridized carbons (Fsp3) is 0.455. The Morgan fingerprint density at radius 2 is 1.68 bits per heavy atom. The van der Waals surface area contributed by atoms with Crippen molar-refractivity contribution in [3.05, 3.63) is 24.3 Å². The summed E-state index contributed by atoms with van der Waals surface area (Å²) in [6.07, 6.45) is -0.502. The van der Waals surface area contributed by atoms with Crippen molar-refractivity contribution in [3.63, 3.8) is 0 Å². The molecule has 19 heavy (non-hydrogen) atoms. The SMILES string of the molecule is O=S(=O)(c1ccc(B(O)O)cc1)N1CCC(F)CC1. The van der Waals surface area contributed by atoms with E-state index in [9.17, 15) is 12.8 Å². The molecule has 0 aromatic heterocycles. The second-order valence-corrected chi connectivity index (χ2v) is 6.46. The van der Waals surface area contributed by atoms with E-state index in [4.69, 9.17) is 10.0 Å². The van der Waals surface area contributed by atoms with E-state index in [1.54, 1.807) is 0 Å². The Morgan fingerprint density at radius 1 is 1.16 bits per heavy atom. The second kappa shape index (κ2) is 5.58. The Balaban J connectivity index is 2.19. The van der Waals surface area contributed by atoms with Crippen molar-refractivity contribution in [2.45, 2.75) is 23.9 Å². The van der Waals surface area contributed by atoms with E-state index in [2.05, 4.69) is 0 Å². The van der Waals surface area contributed by atoms with Crippen LogP contribution in [-0.4, -0.2) is 49.2 Å². The summed E-state index contributed by atoms with van der Waals surface area (Å²) in [7, 11) is -5.25. The zero-order chi connectivity index (χ0) is 14.0. The van der Waals surface area contributed by atoms with Gasteiger partial charge in [-0.1, -0.05) is 12.1 Å². The fourth-order valence-corrected chi connectivity index (χ4v) is 3.50. The van der Waals surface area contributed by atoms with Crippen LogP contribution in [-0.2, 0) is 10.0 Å². The normalized spacial score (nSPS) is 18.5. The van der Waals surface area contributed by atoms with Gasteiger partial charge in [-0.3, -0.25) is 0 Å². The number of hydrogen-bond donors (Lipinski definition) is 2. The number of benzene rings is 1. The minimum atomic E-state index is -3.62. The summed E-state index contributed by atoms with van der Waals surface area (Å²) in [6.45, 7) is 0.349. The molecule has 1 saturated heterocycles. The van der Waals surface area contributed by atoms with Crippen LogP contribution in [0.4, 0.5) is 4.39 Å². The van der Waals surface area contributed by atoms with Crippen LogP contribution in [0.2, 0.25) is 0 Å². The number of piperidine rings is 1. The molecule has 0 unspecified atom stereocenters. The lowest BCUT2D eigenvalue weighted by molar-refractivity contribution is 0.210. The third-order valence-electron chi connectivity index (χ3n) is 3.20. The number of hydrogen-bond acceptors (Lipinski definition) is 4. The van der Waals surface area contributed by atoms with Crippen LogP contribution in [0.25, 0.3) is 0 Å². The standard InChI is InChI=1S/C11H15BFNO4S/c13-10-5-7-14(8-6-10)19(17,18)11-3-1-9(2-4-11)12(15)16/h1-4,10,15-16H,5-8H2. The lowest BCUT2D eigenvalue weighted by Gasteiger charge is -2.27. The van der Waals surface area contributed by atoms with E-state index in [1.807, 2.05) is 0 Å². The predicted molar refractivity (Wildman–Crippen MR) is 69.2 cm³/mol. The molecule has 0 aliphatic carbocycles. The van der Waals surface area contributed by atoms with Crippen LogP contribution in [0.3, 0.4) is 0 Å². The number of rotatable bonds is 3. The maximum atomic E-state index is 13.0. The molecule has 0 radical (unpaired) electrons. The Bertz CT molecular complexity index is 526. The second-order valence-electron chi connectivity index (χ2n) is 4.52. The lowest BCUT2D eigenvalue weighted by Crippen LogP contribution is -2.39. The van der Waals surface area contributed by atoms with Crippen molar-refractivity contribution in [2.75, 3.05) is 13.1 Å². The van der Waals surface area contributed by atoms with E-state index in [-0.39, 0.29) is 36.3 Å². The quantitative estimate of drug-likeness (QED) is 0.734. The lowest BCUT2D eigenvalue weighted by atomic mass is 9.81. The first-order chi connectivity index (χ1) is 8.91. The van der Waals surface area contributed by atoms with E-state index >= 15 is 0 Å². The van der Waals surface area contributed by atoms with Gasteiger partial charge >= 0.3 is 7.12 Å². The molecule has 1 aromatic rings. The maximum absolute atomic E-state index is 13.0. The largest absolute Gasteiger partial charge is 0.488 e. The van der Waals surface area contributed by atoms with Gasteiger partial charge in [-0.2, -0.15) is 4.31 Å². The Labute approximate surface area is 111 Å². The van der Waals surface area contributed by atoms with Crippen molar-refractivity contribution in [1.29, 1.82) is 0 Å². The molecule has 1 aromatic carbocycles. The zero-order valence-electron chi connectivity index (χ0n) is 10.2. The molecule has 0 bridgehead atoms. The predicted octanol–water partition coefficient (Wildman–Crippen LogP) is -0.511. The van der Waals surface area contributed by atoms with Crippen molar-refractivity contribution < 1.29 is 22.9 Å². The van der Waals surface area contributed by atoms with Crippen molar-refractivity contribution >= 4 is 22.6 Å². The monoisotopic (exact) mass is 287 g/mol. The summed E-state index contributed by atoms with van der Waals surface area (Å²) < 4.78 is 38.8. The molecular formula is C11H15BFNO4S.